The summed E-state index contributed by atoms with van der Waals surface area (Å²) < 4.78 is 0. The summed E-state index contributed by atoms with van der Waals surface area (Å²) in [5.41, 5.74) is 1.77. The van der Waals surface area contributed by atoms with Gasteiger partial charge in [0.15, 0.2) is 0 Å². The third-order valence-electron chi connectivity index (χ3n) is 2.76. The van der Waals surface area contributed by atoms with Crippen LogP contribution in [0.25, 0.3) is 6.08 Å². The molecule has 1 amide bonds. The Kier molecular flexibility index (Phi) is 7.81. The lowest BCUT2D eigenvalue weighted by atomic mass is 10.1. The fraction of sp³-hybridized carbons (Fsp3) is 0.111. The van der Waals surface area contributed by atoms with Gasteiger partial charge in [0.05, 0.1) is 10.0 Å². The Morgan fingerprint density at radius 2 is 1.92 bits per heavy atom. The molecule has 0 aliphatic carbocycles. The van der Waals surface area contributed by atoms with Gasteiger partial charge in [-0.2, -0.15) is 5.26 Å². The quantitative estimate of drug-likeness (QED) is 0.307. The van der Waals surface area contributed by atoms with E-state index in [0.29, 0.717) is 16.3 Å². The van der Waals surface area contributed by atoms with Crippen molar-refractivity contribution < 1.29 is 4.79 Å². The van der Waals surface area contributed by atoms with Crippen molar-refractivity contribution in [2.75, 3.05) is 0 Å². The van der Waals surface area contributed by atoms with E-state index in [1.54, 1.807) is 6.08 Å². The van der Waals surface area contributed by atoms with Crippen LogP contribution in [0.3, 0.4) is 0 Å². The monoisotopic (exact) mass is 380 g/mol. The van der Waals surface area contributed by atoms with Crippen LogP contribution in [-0.2, 0) is 4.79 Å². The minimum absolute atomic E-state index is 0.139. The van der Waals surface area contributed by atoms with E-state index in [4.69, 9.17) is 34.8 Å². The Morgan fingerprint density at radius 1 is 1.25 bits per heavy atom. The number of hydrogen-bond donors (Lipinski definition) is 1. The summed E-state index contributed by atoms with van der Waals surface area (Å²) in [5.74, 6) is -0.585. The number of nitrogens with zero attached hydrogens (tertiary/aromatic N) is 1. The van der Waals surface area contributed by atoms with Crippen LogP contribution in [-0.4, -0.2) is 5.91 Å². The normalized spacial score (nSPS) is 11.5. The molecule has 1 aromatic carbocycles. The van der Waals surface area contributed by atoms with Crippen LogP contribution in [0.5, 0.6) is 0 Å². The standard InChI is InChI=1S/C18H15Cl3N2O/c1-4-15(6-5-11(2)3)23-18(24)13(10-22)7-12-8-14(19)9-16(20)17(12)21/h4-9H,1H2,2-3H3,(H,23,24)/b13-7-,15-6+. The van der Waals surface area contributed by atoms with E-state index in [9.17, 15) is 10.1 Å². The maximum atomic E-state index is 12.3. The van der Waals surface area contributed by atoms with Crippen LogP contribution in [0.15, 0.2) is 53.8 Å². The van der Waals surface area contributed by atoms with Crippen molar-refractivity contribution in [3.63, 3.8) is 0 Å². The lowest BCUT2D eigenvalue weighted by molar-refractivity contribution is -0.116. The first-order valence-corrected chi connectivity index (χ1v) is 7.97. The van der Waals surface area contributed by atoms with Crippen LogP contribution in [0, 0.1) is 11.3 Å². The van der Waals surface area contributed by atoms with Crippen molar-refractivity contribution in [1.82, 2.24) is 5.32 Å². The molecular formula is C18H15Cl3N2O. The van der Waals surface area contributed by atoms with E-state index in [2.05, 4.69) is 11.9 Å². The highest BCUT2D eigenvalue weighted by atomic mass is 35.5. The number of carbonyl (C=O) groups is 1. The van der Waals surface area contributed by atoms with E-state index < -0.39 is 5.91 Å². The SMILES string of the molecule is C=C/C(=C\C=C(C)C)NC(=O)/C(C#N)=C\c1cc(Cl)cc(Cl)c1Cl. The van der Waals surface area contributed by atoms with E-state index in [-0.39, 0.29) is 15.6 Å². The molecule has 0 spiro atoms. The number of rotatable bonds is 5. The van der Waals surface area contributed by atoms with Crippen molar-refractivity contribution in [2.24, 2.45) is 0 Å². The van der Waals surface area contributed by atoms with Crippen LogP contribution in [0.4, 0.5) is 0 Å². The van der Waals surface area contributed by atoms with Gasteiger partial charge in [-0.3, -0.25) is 4.79 Å². The van der Waals surface area contributed by atoms with Gasteiger partial charge in [0.2, 0.25) is 0 Å². The highest BCUT2D eigenvalue weighted by Crippen LogP contribution is 2.31. The molecule has 0 aromatic heterocycles. The van der Waals surface area contributed by atoms with Crippen LogP contribution in [0.2, 0.25) is 15.1 Å². The molecule has 3 nitrogen and oxygen atoms in total. The number of amides is 1. The van der Waals surface area contributed by atoms with Crippen molar-refractivity contribution in [3.05, 3.63) is 74.4 Å². The summed E-state index contributed by atoms with van der Waals surface area (Å²) in [4.78, 5) is 12.3. The number of benzene rings is 1. The zero-order chi connectivity index (χ0) is 18.3. The van der Waals surface area contributed by atoms with Gasteiger partial charge in [-0.05, 0) is 49.8 Å². The maximum Gasteiger partial charge on any atom is 0.266 e. The number of carbonyl (C=O) groups excluding carboxylic acids is 1. The van der Waals surface area contributed by atoms with Gasteiger partial charge < -0.3 is 5.32 Å². The second kappa shape index (κ2) is 9.34. The molecule has 124 valence electrons. The number of nitriles is 1. The maximum absolute atomic E-state index is 12.3. The second-order valence-electron chi connectivity index (χ2n) is 4.98. The van der Waals surface area contributed by atoms with Crippen LogP contribution >= 0.6 is 34.8 Å². The highest BCUT2D eigenvalue weighted by molar-refractivity contribution is 6.44. The Labute approximate surface area is 156 Å². The zero-order valence-electron chi connectivity index (χ0n) is 13.2. The first-order valence-electron chi connectivity index (χ1n) is 6.83. The summed E-state index contributed by atoms with van der Waals surface area (Å²) in [6, 6.07) is 4.84. The molecule has 1 rings (SSSR count). The predicted molar refractivity (Wildman–Crippen MR) is 101 cm³/mol. The fourth-order valence-electron chi connectivity index (χ4n) is 1.60. The summed E-state index contributed by atoms with van der Waals surface area (Å²) in [7, 11) is 0. The topological polar surface area (TPSA) is 52.9 Å². The lowest BCUT2D eigenvalue weighted by Gasteiger charge is -2.06. The largest absolute Gasteiger partial charge is 0.321 e. The molecule has 0 aliphatic heterocycles. The fourth-order valence-corrected chi connectivity index (χ4v) is 2.27. The van der Waals surface area contributed by atoms with Gasteiger partial charge in [-0.25, -0.2) is 0 Å². The van der Waals surface area contributed by atoms with E-state index in [1.807, 2.05) is 26.0 Å². The minimum Gasteiger partial charge on any atom is -0.321 e. The van der Waals surface area contributed by atoms with Crippen molar-refractivity contribution in [2.45, 2.75) is 13.8 Å². The number of allylic oxidation sites excluding steroid dienone is 4. The first-order chi connectivity index (χ1) is 11.3. The van der Waals surface area contributed by atoms with Crippen LogP contribution in [0.1, 0.15) is 19.4 Å². The van der Waals surface area contributed by atoms with Gasteiger partial charge in [0.25, 0.3) is 5.91 Å². The molecule has 0 radical (unpaired) electrons. The summed E-state index contributed by atoms with van der Waals surface area (Å²) in [6.07, 6.45) is 6.33. The number of nitrogens with one attached hydrogen (secondary N) is 1. The van der Waals surface area contributed by atoms with Gasteiger partial charge >= 0.3 is 0 Å². The molecule has 1 N–H and O–H groups in total. The molecule has 0 unspecified atom stereocenters. The number of halogens is 3. The Hall–Kier alpha value is -1.99. The Morgan fingerprint density at radius 3 is 2.46 bits per heavy atom. The summed E-state index contributed by atoms with van der Waals surface area (Å²) >= 11 is 17.9. The second-order valence-corrected chi connectivity index (χ2v) is 6.21. The predicted octanol–water partition coefficient (Wildman–Crippen LogP) is 5.71. The van der Waals surface area contributed by atoms with E-state index in [0.717, 1.165) is 5.57 Å². The van der Waals surface area contributed by atoms with Crippen LogP contribution < -0.4 is 5.32 Å². The third-order valence-corrected chi connectivity index (χ3v) is 3.79. The lowest BCUT2D eigenvalue weighted by Crippen LogP contribution is -2.23. The molecule has 0 atom stereocenters. The molecule has 0 bridgehead atoms. The van der Waals surface area contributed by atoms with Crippen molar-refractivity contribution in [1.29, 1.82) is 5.26 Å². The highest BCUT2D eigenvalue weighted by Gasteiger charge is 2.12. The zero-order valence-corrected chi connectivity index (χ0v) is 15.4. The summed E-state index contributed by atoms with van der Waals surface area (Å²) in [6.45, 7) is 7.47. The van der Waals surface area contributed by atoms with E-state index in [1.165, 1.54) is 24.3 Å². The third kappa shape index (κ3) is 5.90. The van der Waals surface area contributed by atoms with Crippen molar-refractivity contribution in [3.8, 4) is 6.07 Å². The smallest absolute Gasteiger partial charge is 0.266 e. The molecular weight excluding hydrogens is 367 g/mol. The molecule has 6 heteroatoms. The van der Waals surface area contributed by atoms with E-state index >= 15 is 0 Å². The average molecular weight is 382 g/mol. The first kappa shape index (κ1) is 20.1. The van der Waals surface area contributed by atoms with Gasteiger partial charge in [0.1, 0.15) is 11.6 Å². The summed E-state index contributed by atoms with van der Waals surface area (Å²) in [5, 5.41) is 12.7. The van der Waals surface area contributed by atoms with Gasteiger partial charge in [-0.1, -0.05) is 53.0 Å². The Balaban J connectivity index is 3.16. The molecule has 0 saturated heterocycles. The molecule has 24 heavy (non-hydrogen) atoms. The average Bonchev–Trinajstić information content (AvgIpc) is 2.52. The molecule has 0 saturated carbocycles. The van der Waals surface area contributed by atoms with Gasteiger partial charge in [-0.15, -0.1) is 0 Å². The molecule has 1 aromatic rings. The Bertz CT molecular complexity index is 795. The van der Waals surface area contributed by atoms with Gasteiger partial charge in [0, 0.05) is 10.7 Å². The molecule has 0 fully saturated rings. The van der Waals surface area contributed by atoms with Crippen molar-refractivity contribution >= 4 is 46.8 Å². The minimum atomic E-state index is -0.585. The number of hydrogen-bond acceptors (Lipinski definition) is 2. The molecule has 0 aliphatic rings. The molecule has 0 heterocycles.